The summed E-state index contributed by atoms with van der Waals surface area (Å²) in [5.74, 6) is 0.697. The summed E-state index contributed by atoms with van der Waals surface area (Å²) < 4.78 is 10.7. The van der Waals surface area contributed by atoms with E-state index in [0.717, 1.165) is 43.2 Å². The summed E-state index contributed by atoms with van der Waals surface area (Å²) >= 11 is 0. The molecule has 1 aliphatic rings. The zero-order chi connectivity index (χ0) is 13.7. The fourth-order valence-electron chi connectivity index (χ4n) is 2.16. The minimum absolute atomic E-state index is 0.0813. The highest BCUT2D eigenvalue weighted by molar-refractivity contribution is 5.89. The van der Waals surface area contributed by atoms with Crippen molar-refractivity contribution < 1.29 is 14.3 Å². The quantitative estimate of drug-likeness (QED) is 0.875. The molecule has 1 amide bonds. The average molecular weight is 264 g/mol. The Balaban J connectivity index is 2.12. The minimum atomic E-state index is -0.0813. The Labute approximate surface area is 113 Å². The number of hydrogen-bond acceptors (Lipinski definition) is 4. The molecule has 1 aliphatic heterocycles. The first-order valence-corrected chi connectivity index (χ1v) is 6.49. The van der Waals surface area contributed by atoms with E-state index >= 15 is 0 Å². The van der Waals surface area contributed by atoms with Crippen molar-refractivity contribution in [3.8, 4) is 5.75 Å². The SMILES string of the molecule is COc1ccc(NC(C)=O)cc1NC1CCOCC1. The predicted molar refractivity (Wildman–Crippen MR) is 74.8 cm³/mol. The van der Waals surface area contributed by atoms with Crippen LogP contribution in [0.4, 0.5) is 11.4 Å². The summed E-state index contributed by atoms with van der Waals surface area (Å²) in [5, 5.41) is 6.23. The Morgan fingerprint density at radius 1 is 1.37 bits per heavy atom. The number of nitrogens with one attached hydrogen (secondary N) is 2. The van der Waals surface area contributed by atoms with Crippen LogP contribution in [0.15, 0.2) is 18.2 Å². The third-order valence-corrected chi connectivity index (χ3v) is 3.10. The van der Waals surface area contributed by atoms with Gasteiger partial charge in [-0.1, -0.05) is 0 Å². The average Bonchev–Trinajstić information content (AvgIpc) is 2.39. The van der Waals surface area contributed by atoms with Gasteiger partial charge in [-0.25, -0.2) is 0 Å². The Kier molecular flexibility index (Phi) is 4.63. The molecule has 0 spiro atoms. The number of ether oxygens (including phenoxy) is 2. The lowest BCUT2D eigenvalue weighted by atomic mass is 10.1. The monoisotopic (exact) mass is 264 g/mol. The van der Waals surface area contributed by atoms with E-state index in [1.54, 1.807) is 7.11 Å². The summed E-state index contributed by atoms with van der Waals surface area (Å²) in [6, 6.07) is 5.97. The summed E-state index contributed by atoms with van der Waals surface area (Å²) in [7, 11) is 1.64. The molecule has 0 aliphatic carbocycles. The summed E-state index contributed by atoms with van der Waals surface area (Å²) in [6.45, 7) is 3.06. The molecule has 0 bridgehead atoms. The van der Waals surface area contributed by atoms with Crippen molar-refractivity contribution in [3.05, 3.63) is 18.2 Å². The van der Waals surface area contributed by atoms with Gasteiger partial charge in [-0.2, -0.15) is 0 Å². The maximum absolute atomic E-state index is 11.1. The van der Waals surface area contributed by atoms with E-state index in [2.05, 4.69) is 10.6 Å². The van der Waals surface area contributed by atoms with E-state index in [4.69, 9.17) is 9.47 Å². The smallest absolute Gasteiger partial charge is 0.221 e. The number of methoxy groups -OCH3 is 1. The summed E-state index contributed by atoms with van der Waals surface area (Å²) in [4.78, 5) is 11.1. The molecule has 1 fully saturated rings. The van der Waals surface area contributed by atoms with Crippen LogP contribution in [0.25, 0.3) is 0 Å². The molecule has 1 saturated heterocycles. The first-order chi connectivity index (χ1) is 9.19. The van der Waals surface area contributed by atoms with Crippen LogP contribution in [0.5, 0.6) is 5.75 Å². The number of carbonyl (C=O) groups excluding carboxylic acids is 1. The number of carbonyl (C=O) groups is 1. The van der Waals surface area contributed by atoms with E-state index in [-0.39, 0.29) is 5.91 Å². The van der Waals surface area contributed by atoms with Crippen molar-refractivity contribution in [2.75, 3.05) is 31.0 Å². The molecule has 1 aromatic rings. The van der Waals surface area contributed by atoms with E-state index in [1.807, 2.05) is 18.2 Å². The first-order valence-electron chi connectivity index (χ1n) is 6.49. The standard InChI is InChI=1S/C14H20N2O3/c1-10(17)15-12-3-4-14(18-2)13(9-12)16-11-5-7-19-8-6-11/h3-4,9,11,16H,5-8H2,1-2H3,(H,15,17). The van der Waals surface area contributed by atoms with Gasteiger partial charge in [0, 0.05) is 31.9 Å². The van der Waals surface area contributed by atoms with Crippen molar-refractivity contribution in [2.24, 2.45) is 0 Å². The molecule has 19 heavy (non-hydrogen) atoms. The van der Waals surface area contributed by atoms with Gasteiger partial charge < -0.3 is 20.1 Å². The molecule has 5 heteroatoms. The van der Waals surface area contributed by atoms with Crippen molar-refractivity contribution >= 4 is 17.3 Å². The van der Waals surface area contributed by atoms with Crippen LogP contribution in [0.2, 0.25) is 0 Å². The molecule has 5 nitrogen and oxygen atoms in total. The second kappa shape index (κ2) is 6.43. The van der Waals surface area contributed by atoms with Crippen LogP contribution in [0.3, 0.4) is 0 Å². The molecule has 0 saturated carbocycles. The fourth-order valence-corrected chi connectivity index (χ4v) is 2.16. The number of amides is 1. The van der Waals surface area contributed by atoms with Crippen LogP contribution >= 0.6 is 0 Å². The fraction of sp³-hybridized carbons (Fsp3) is 0.500. The van der Waals surface area contributed by atoms with Gasteiger partial charge in [0.25, 0.3) is 0 Å². The molecular formula is C14H20N2O3. The highest BCUT2D eigenvalue weighted by Gasteiger charge is 2.15. The Morgan fingerprint density at radius 2 is 2.11 bits per heavy atom. The lowest BCUT2D eigenvalue weighted by molar-refractivity contribution is -0.114. The van der Waals surface area contributed by atoms with Crippen LogP contribution in [-0.2, 0) is 9.53 Å². The third-order valence-electron chi connectivity index (χ3n) is 3.10. The summed E-state index contributed by atoms with van der Waals surface area (Å²) in [6.07, 6.45) is 1.96. The second-order valence-corrected chi connectivity index (χ2v) is 4.63. The zero-order valence-electron chi connectivity index (χ0n) is 11.4. The van der Waals surface area contributed by atoms with Gasteiger partial charge in [-0.05, 0) is 31.0 Å². The molecule has 2 N–H and O–H groups in total. The number of anilines is 2. The number of benzene rings is 1. The van der Waals surface area contributed by atoms with Gasteiger partial charge >= 0.3 is 0 Å². The third kappa shape index (κ3) is 3.86. The van der Waals surface area contributed by atoms with Gasteiger partial charge in [0.05, 0.1) is 12.8 Å². The molecule has 2 rings (SSSR count). The van der Waals surface area contributed by atoms with E-state index < -0.39 is 0 Å². The zero-order valence-corrected chi connectivity index (χ0v) is 11.4. The maximum Gasteiger partial charge on any atom is 0.221 e. The van der Waals surface area contributed by atoms with Crippen molar-refractivity contribution in [3.63, 3.8) is 0 Å². The second-order valence-electron chi connectivity index (χ2n) is 4.63. The molecule has 1 aromatic carbocycles. The van der Waals surface area contributed by atoms with Gasteiger partial charge in [0.15, 0.2) is 0 Å². The highest BCUT2D eigenvalue weighted by Crippen LogP contribution is 2.29. The van der Waals surface area contributed by atoms with Gasteiger partial charge in [0.1, 0.15) is 5.75 Å². The molecule has 0 unspecified atom stereocenters. The Hall–Kier alpha value is -1.75. The molecular weight excluding hydrogens is 244 g/mol. The van der Waals surface area contributed by atoms with Crippen LogP contribution in [0, 0.1) is 0 Å². The van der Waals surface area contributed by atoms with Crippen LogP contribution in [0.1, 0.15) is 19.8 Å². The maximum atomic E-state index is 11.1. The largest absolute Gasteiger partial charge is 0.495 e. The van der Waals surface area contributed by atoms with E-state index in [1.165, 1.54) is 6.92 Å². The van der Waals surface area contributed by atoms with Crippen molar-refractivity contribution in [1.29, 1.82) is 0 Å². The van der Waals surface area contributed by atoms with E-state index in [9.17, 15) is 4.79 Å². The predicted octanol–water partition coefficient (Wildman–Crippen LogP) is 2.24. The van der Waals surface area contributed by atoms with Gasteiger partial charge in [-0.3, -0.25) is 4.79 Å². The molecule has 1 heterocycles. The van der Waals surface area contributed by atoms with E-state index in [0.29, 0.717) is 6.04 Å². The van der Waals surface area contributed by atoms with Crippen LogP contribution < -0.4 is 15.4 Å². The first kappa shape index (κ1) is 13.7. The Morgan fingerprint density at radius 3 is 2.74 bits per heavy atom. The minimum Gasteiger partial charge on any atom is -0.495 e. The lowest BCUT2D eigenvalue weighted by Gasteiger charge is -2.25. The molecule has 0 atom stereocenters. The van der Waals surface area contributed by atoms with Gasteiger partial charge in [0.2, 0.25) is 5.91 Å². The number of hydrogen-bond donors (Lipinski definition) is 2. The molecule has 0 aromatic heterocycles. The Bertz CT molecular complexity index is 442. The molecule has 0 radical (unpaired) electrons. The normalized spacial score (nSPS) is 15.9. The molecule has 104 valence electrons. The van der Waals surface area contributed by atoms with Crippen molar-refractivity contribution in [2.45, 2.75) is 25.8 Å². The highest BCUT2D eigenvalue weighted by atomic mass is 16.5. The summed E-state index contributed by atoms with van der Waals surface area (Å²) in [5.41, 5.74) is 1.67. The topological polar surface area (TPSA) is 59.6 Å². The lowest BCUT2D eigenvalue weighted by Crippen LogP contribution is -2.28. The van der Waals surface area contributed by atoms with Crippen molar-refractivity contribution in [1.82, 2.24) is 0 Å². The van der Waals surface area contributed by atoms with Gasteiger partial charge in [-0.15, -0.1) is 0 Å². The number of rotatable bonds is 4. The van der Waals surface area contributed by atoms with Crippen LogP contribution in [-0.4, -0.2) is 32.3 Å².